The highest BCUT2D eigenvalue weighted by molar-refractivity contribution is 6.31. The summed E-state index contributed by atoms with van der Waals surface area (Å²) in [6.07, 6.45) is 8.19. The molecule has 1 fully saturated rings. The largest absolute Gasteiger partial charge is 0.345 e. The van der Waals surface area contributed by atoms with Gasteiger partial charge in [-0.15, -0.1) is 0 Å². The molecule has 0 spiro atoms. The molecule has 1 aromatic carbocycles. The van der Waals surface area contributed by atoms with Crippen LogP contribution in [0.2, 0.25) is 5.02 Å². The maximum Gasteiger partial charge on any atom is 0.282 e. The lowest BCUT2D eigenvalue weighted by Gasteiger charge is -2.26. The first-order valence-corrected chi connectivity index (χ1v) is 10.2. The Bertz CT molecular complexity index is 1120. The first kappa shape index (κ1) is 18.9. The van der Waals surface area contributed by atoms with Crippen molar-refractivity contribution in [3.05, 3.63) is 62.4 Å². The van der Waals surface area contributed by atoms with Crippen LogP contribution in [0.5, 0.6) is 0 Å². The van der Waals surface area contributed by atoms with Gasteiger partial charge in [-0.25, -0.2) is 4.98 Å². The lowest BCUT2D eigenvalue weighted by molar-refractivity contribution is 0.346. The molecule has 0 bridgehead atoms. The Labute approximate surface area is 169 Å². The quantitative estimate of drug-likeness (QED) is 0.574. The van der Waals surface area contributed by atoms with Crippen LogP contribution in [0.15, 0.2) is 34.2 Å². The zero-order chi connectivity index (χ0) is 19.8. The zero-order valence-electron chi connectivity index (χ0n) is 16.6. The monoisotopic (exact) mass is 396 g/mol. The van der Waals surface area contributed by atoms with Crippen LogP contribution >= 0.6 is 11.6 Å². The normalized spacial score (nSPS) is 15.7. The Hall–Kier alpha value is -2.40. The molecule has 0 aliphatic heterocycles. The van der Waals surface area contributed by atoms with Crippen LogP contribution in [0, 0.1) is 20.8 Å². The van der Waals surface area contributed by atoms with Crippen molar-refractivity contribution in [3.8, 4) is 0 Å². The van der Waals surface area contributed by atoms with Crippen LogP contribution in [0.25, 0.3) is 10.9 Å². The molecule has 0 amide bonds. The summed E-state index contributed by atoms with van der Waals surface area (Å²) in [6, 6.07) is 7.84. The maximum absolute atomic E-state index is 12.8. The first-order valence-electron chi connectivity index (χ1n) is 9.87. The van der Waals surface area contributed by atoms with Gasteiger partial charge in [-0.05, 0) is 57.9 Å². The average molecular weight is 397 g/mol. The average Bonchev–Trinajstić information content (AvgIpc) is 2.95. The molecule has 0 N–H and O–H groups in total. The van der Waals surface area contributed by atoms with E-state index in [9.17, 15) is 4.79 Å². The summed E-state index contributed by atoms with van der Waals surface area (Å²) < 4.78 is 3.81. The summed E-state index contributed by atoms with van der Waals surface area (Å²) in [4.78, 5) is 17.3. The summed E-state index contributed by atoms with van der Waals surface area (Å²) >= 11 is 6.02. The fourth-order valence-electron chi connectivity index (χ4n) is 4.35. The van der Waals surface area contributed by atoms with Crippen molar-refractivity contribution >= 4 is 28.7 Å². The van der Waals surface area contributed by atoms with Crippen molar-refractivity contribution in [3.63, 3.8) is 0 Å². The number of rotatable bonds is 3. The van der Waals surface area contributed by atoms with Gasteiger partial charge in [0.25, 0.3) is 5.56 Å². The van der Waals surface area contributed by atoms with E-state index >= 15 is 0 Å². The molecule has 1 saturated carbocycles. The number of aromatic nitrogens is 3. The molecule has 146 valence electrons. The van der Waals surface area contributed by atoms with Gasteiger partial charge in [0.05, 0.1) is 17.1 Å². The third-order valence-corrected chi connectivity index (χ3v) is 5.98. The van der Waals surface area contributed by atoms with Crippen molar-refractivity contribution < 1.29 is 0 Å². The highest BCUT2D eigenvalue weighted by Gasteiger charge is 2.19. The topological polar surface area (TPSA) is 52.2 Å². The van der Waals surface area contributed by atoms with Gasteiger partial charge in [-0.1, -0.05) is 30.9 Å². The molecule has 28 heavy (non-hydrogen) atoms. The number of fused-ring (bicyclic) bond motifs is 1. The van der Waals surface area contributed by atoms with E-state index in [0.29, 0.717) is 27.8 Å². The van der Waals surface area contributed by atoms with E-state index in [0.717, 1.165) is 5.56 Å². The Morgan fingerprint density at radius 2 is 1.89 bits per heavy atom. The summed E-state index contributed by atoms with van der Waals surface area (Å²) in [7, 11) is 0. The van der Waals surface area contributed by atoms with E-state index in [1.807, 2.05) is 0 Å². The molecule has 1 aliphatic rings. The predicted octanol–water partition coefficient (Wildman–Crippen LogP) is 5.16. The van der Waals surface area contributed by atoms with E-state index in [-0.39, 0.29) is 5.56 Å². The highest BCUT2D eigenvalue weighted by atomic mass is 35.5. The van der Waals surface area contributed by atoms with E-state index < -0.39 is 0 Å². The number of hydrogen-bond acceptors (Lipinski definition) is 3. The van der Waals surface area contributed by atoms with Gasteiger partial charge in [0.2, 0.25) is 0 Å². The maximum atomic E-state index is 12.8. The minimum Gasteiger partial charge on any atom is -0.345 e. The van der Waals surface area contributed by atoms with Gasteiger partial charge >= 0.3 is 0 Å². The summed E-state index contributed by atoms with van der Waals surface area (Å²) in [5.74, 6) is 0.539. The van der Waals surface area contributed by atoms with Gasteiger partial charge in [0.15, 0.2) is 0 Å². The Balaban J connectivity index is 1.72. The third-order valence-electron chi connectivity index (χ3n) is 5.75. The fraction of sp³-hybridized carbons (Fsp3) is 0.409. The van der Waals surface area contributed by atoms with Gasteiger partial charge in [0, 0.05) is 28.0 Å². The van der Waals surface area contributed by atoms with Crippen molar-refractivity contribution in [2.75, 3.05) is 0 Å². The lowest BCUT2D eigenvalue weighted by Crippen LogP contribution is -2.20. The molecule has 6 heteroatoms. The second-order valence-corrected chi connectivity index (χ2v) is 8.11. The van der Waals surface area contributed by atoms with E-state index in [2.05, 4.69) is 34.6 Å². The second-order valence-electron chi connectivity index (χ2n) is 7.67. The van der Waals surface area contributed by atoms with Gasteiger partial charge in [0.1, 0.15) is 5.82 Å². The van der Waals surface area contributed by atoms with Crippen LogP contribution in [0.3, 0.4) is 0 Å². The van der Waals surface area contributed by atoms with Crippen LogP contribution < -0.4 is 5.56 Å². The molecular weight excluding hydrogens is 372 g/mol. The standard InChI is InChI=1S/C22H25ClN4O/c1-14-11-17(15(2)26(14)19-7-5-4-6-8-19)13-24-27-16(3)25-21-12-18(23)9-10-20(21)22(27)28/h9-13,19H,4-8H2,1-3H3/b24-13-. The Morgan fingerprint density at radius 3 is 2.64 bits per heavy atom. The summed E-state index contributed by atoms with van der Waals surface area (Å²) in [5, 5.41) is 5.56. The van der Waals surface area contributed by atoms with Crippen molar-refractivity contribution in [2.24, 2.45) is 5.10 Å². The minimum atomic E-state index is -0.184. The molecule has 3 aromatic rings. The molecule has 0 atom stereocenters. The van der Waals surface area contributed by atoms with Crippen LogP contribution in [0.1, 0.15) is 60.9 Å². The zero-order valence-corrected chi connectivity index (χ0v) is 17.3. The molecule has 2 aromatic heterocycles. The molecule has 4 rings (SSSR count). The fourth-order valence-corrected chi connectivity index (χ4v) is 4.52. The van der Waals surface area contributed by atoms with Crippen molar-refractivity contribution in [1.82, 2.24) is 14.2 Å². The number of benzene rings is 1. The highest BCUT2D eigenvalue weighted by Crippen LogP contribution is 2.31. The minimum absolute atomic E-state index is 0.184. The molecular formula is C22H25ClN4O. The number of aryl methyl sites for hydroxylation is 2. The summed E-state index contributed by atoms with van der Waals surface area (Å²) in [6.45, 7) is 6.07. The van der Waals surface area contributed by atoms with E-state index in [1.54, 1.807) is 31.3 Å². The van der Waals surface area contributed by atoms with Crippen molar-refractivity contribution in [2.45, 2.75) is 58.9 Å². The van der Waals surface area contributed by atoms with Gasteiger partial charge in [-0.3, -0.25) is 4.79 Å². The lowest BCUT2D eigenvalue weighted by atomic mass is 9.95. The molecule has 0 radical (unpaired) electrons. The van der Waals surface area contributed by atoms with Crippen LogP contribution in [-0.4, -0.2) is 20.4 Å². The van der Waals surface area contributed by atoms with E-state index in [1.165, 1.54) is 48.2 Å². The van der Waals surface area contributed by atoms with E-state index in [4.69, 9.17) is 11.6 Å². The van der Waals surface area contributed by atoms with Crippen LogP contribution in [0.4, 0.5) is 0 Å². The Morgan fingerprint density at radius 1 is 1.14 bits per heavy atom. The first-order chi connectivity index (χ1) is 13.5. The SMILES string of the molecule is Cc1cc(/C=N\n2c(C)nc3cc(Cl)ccc3c2=O)c(C)n1C1CCCCC1. The van der Waals surface area contributed by atoms with Gasteiger partial charge in [-0.2, -0.15) is 9.78 Å². The molecule has 0 unspecified atom stereocenters. The predicted molar refractivity (Wildman–Crippen MR) is 115 cm³/mol. The molecule has 1 aliphatic carbocycles. The Kier molecular flexibility index (Phi) is 5.11. The molecule has 0 saturated heterocycles. The summed E-state index contributed by atoms with van der Waals surface area (Å²) in [5.41, 5.74) is 3.92. The van der Waals surface area contributed by atoms with Crippen LogP contribution in [-0.2, 0) is 0 Å². The second kappa shape index (κ2) is 7.55. The van der Waals surface area contributed by atoms with Crippen molar-refractivity contribution in [1.29, 1.82) is 0 Å². The molecule has 5 nitrogen and oxygen atoms in total. The molecule has 2 heterocycles. The third kappa shape index (κ3) is 3.39. The smallest absolute Gasteiger partial charge is 0.282 e. The van der Waals surface area contributed by atoms with Gasteiger partial charge < -0.3 is 4.57 Å². The number of halogens is 1. The number of nitrogens with zero attached hydrogens (tertiary/aromatic N) is 4. The number of hydrogen-bond donors (Lipinski definition) is 0.